The van der Waals surface area contributed by atoms with Crippen molar-refractivity contribution in [2.24, 2.45) is 5.41 Å². The first kappa shape index (κ1) is 14.2. The van der Waals surface area contributed by atoms with Crippen LogP contribution in [0.5, 0.6) is 0 Å². The summed E-state index contributed by atoms with van der Waals surface area (Å²) in [5.41, 5.74) is 0.0500. The molecule has 6 heteroatoms. The molecule has 0 bridgehead atoms. The molecule has 0 aliphatic carbocycles. The fraction of sp³-hybridized carbons (Fsp3) is 1.00. The third-order valence-corrected chi connectivity index (χ3v) is 5.43. The maximum Gasteiger partial charge on any atom is 0.213 e. The van der Waals surface area contributed by atoms with E-state index in [0.29, 0.717) is 6.54 Å². The van der Waals surface area contributed by atoms with Crippen LogP contribution >= 0.6 is 0 Å². The molecule has 0 amide bonds. The monoisotopic (exact) mass is 276 g/mol. The standard InChI is InChI=1S/C12H24N2O3S/c1-12(4-7-17-8-5-12)10-14-18(15,16)9-11-3-2-6-13-11/h11,13-14H,2-10H2,1H3. The van der Waals surface area contributed by atoms with Gasteiger partial charge in [0, 0.05) is 25.8 Å². The van der Waals surface area contributed by atoms with E-state index in [4.69, 9.17) is 4.74 Å². The molecule has 2 fully saturated rings. The molecule has 0 spiro atoms. The summed E-state index contributed by atoms with van der Waals surface area (Å²) in [6, 6.07) is 0.130. The van der Waals surface area contributed by atoms with Crippen molar-refractivity contribution in [2.45, 2.75) is 38.6 Å². The van der Waals surface area contributed by atoms with Crippen LogP contribution in [0.3, 0.4) is 0 Å². The van der Waals surface area contributed by atoms with E-state index in [9.17, 15) is 8.42 Å². The lowest BCUT2D eigenvalue weighted by Gasteiger charge is -2.33. The summed E-state index contributed by atoms with van der Waals surface area (Å²) < 4.78 is 32.1. The van der Waals surface area contributed by atoms with E-state index in [-0.39, 0.29) is 17.2 Å². The van der Waals surface area contributed by atoms with E-state index in [0.717, 1.165) is 45.4 Å². The van der Waals surface area contributed by atoms with Crippen LogP contribution in [-0.2, 0) is 14.8 Å². The van der Waals surface area contributed by atoms with Crippen LogP contribution in [0, 0.1) is 5.41 Å². The van der Waals surface area contributed by atoms with Gasteiger partial charge in [0.15, 0.2) is 0 Å². The van der Waals surface area contributed by atoms with Crippen LogP contribution < -0.4 is 10.0 Å². The molecule has 2 aliphatic rings. The molecular formula is C12H24N2O3S. The summed E-state index contributed by atoms with van der Waals surface area (Å²) in [6.07, 6.45) is 3.90. The second kappa shape index (κ2) is 5.86. The first-order chi connectivity index (χ1) is 8.49. The lowest BCUT2D eigenvalue weighted by atomic mass is 9.83. The number of hydrogen-bond donors (Lipinski definition) is 2. The van der Waals surface area contributed by atoms with Gasteiger partial charge in [-0.25, -0.2) is 13.1 Å². The van der Waals surface area contributed by atoms with Gasteiger partial charge in [-0.3, -0.25) is 0 Å². The quantitative estimate of drug-likeness (QED) is 0.766. The predicted molar refractivity (Wildman–Crippen MR) is 71.0 cm³/mol. The lowest BCUT2D eigenvalue weighted by molar-refractivity contribution is 0.0264. The summed E-state index contributed by atoms with van der Waals surface area (Å²) in [6.45, 7) is 5.08. The Kier molecular flexibility index (Phi) is 4.64. The van der Waals surface area contributed by atoms with Gasteiger partial charge < -0.3 is 10.1 Å². The van der Waals surface area contributed by atoms with Gasteiger partial charge in [0.05, 0.1) is 5.75 Å². The van der Waals surface area contributed by atoms with Crippen molar-refractivity contribution in [1.82, 2.24) is 10.0 Å². The molecule has 1 atom stereocenters. The van der Waals surface area contributed by atoms with Crippen molar-refractivity contribution < 1.29 is 13.2 Å². The number of rotatable bonds is 5. The minimum Gasteiger partial charge on any atom is -0.381 e. The average Bonchev–Trinajstić information content (AvgIpc) is 2.80. The highest BCUT2D eigenvalue weighted by molar-refractivity contribution is 7.89. The van der Waals surface area contributed by atoms with E-state index >= 15 is 0 Å². The normalized spacial score (nSPS) is 28.4. The first-order valence-corrected chi connectivity index (χ1v) is 8.43. The highest BCUT2D eigenvalue weighted by atomic mass is 32.2. The van der Waals surface area contributed by atoms with E-state index < -0.39 is 10.0 Å². The molecule has 2 rings (SSSR count). The molecule has 2 N–H and O–H groups in total. The molecule has 0 radical (unpaired) electrons. The highest BCUT2D eigenvalue weighted by Gasteiger charge is 2.30. The van der Waals surface area contributed by atoms with Crippen LogP contribution in [0.4, 0.5) is 0 Å². The van der Waals surface area contributed by atoms with E-state index in [1.165, 1.54) is 0 Å². The average molecular weight is 276 g/mol. The zero-order chi connectivity index (χ0) is 13.1. The van der Waals surface area contributed by atoms with Gasteiger partial charge in [-0.15, -0.1) is 0 Å². The Morgan fingerprint density at radius 2 is 2.11 bits per heavy atom. The van der Waals surface area contributed by atoms with Crippen LogP contribution in [0.2, 0.25) is 0 Å². The van der Waals surface area contributed by atoms with Crippen molar-refractivity contribution in [3.63, 3.8) is 0 Å². The van der Waals surface area contributed by atoms with Crippen molar-refractivity contribution >= 4 is 10.0 Å². The molecule has 18 heavy (non-hydrogen) atoms. The van der Waals surface area contributed by atoms with Crippen LogP contribution in [-0.4, -0.2) is 46.5 Å². The first-order valence-electron chi connectivity index (χ1n) is 6.78. The summed E-state index contributed by atoms with van der Waals surface area (Å²) >= 11 is 0. The molecular weight excluding hydrogens is 252 g/mol. The fourth-order valence-corrected chi connectivity index (χ4v) is 4.05. The Hall–Kier alpha value is -0.170. The maximum atomic E-state index is 12.0. The predicted octanol–water partition coefficient (Wildman–Crippen LogP) is 0.475. The Morgan fingerprint density at radius 1 is 1.39 bits per heavy atom. The van der Waals surface area contributed by atoms with Gasteiger partial charge in [-0.1, -0.05) is 6.92 Å². The van der Waals surface area contributed by atoms with Crippen LogP contribution in [0.15, 0.2) is 0 Å². The lowest BCUT2D eigenvalue weighted by Crippen LogP contribution is -2.43. The number of nitrogens with one attached hydrogen (secondary N) is 2. The zero-order valence-corrected chi connectivity index (χ0v) is 11.9. The molecule has 2 heterocycles. The highest BCUT2D eigenvalue weighted by Crippen LogP contribution is 2.28. The Morgan fingerprint density at radius 3 is 2.72 bits per heavy atom. The maximum absolute atomic E-state index is 12.0. The van der Waals surface area contributed by atoms with Gasteiger partial charge in [-0.05, 0) is 37.6 Å². The van der Waals surface area contributed by atoms with E-state index in [2.05, 4.69) is 17.0 Å². The molecule has 1 unspecified atom stereocenters. The molecule has 0 aromatic rings. The number of ether oxygens (including phenoxy) is 1. The number of hydrogen-bond acceptors (Lipinski definition) is 4. The van der Waals surface area contributed by atoms with Crippen molar-refractivity contribution in [2.75, 3.05) is 32.1 Å². The van der Waals surface area contributed by atoms with Crippen LogP contribution in [0.1, 0.15) is 32.6 Å². The largest absolute Gasteiger partial charge is 0.381 e. The Bertz CT molecular complexity index is 358. The molecule has 5 nitrogen and oxygen atoms in total. The van der Waals surface area contributed by atoms with E-state index in [1.54, 1.807) is 0 Å². The summed E-state index contributed by atoms with van der Waals surface area (Å²) in [5, 5.41) is 3.22. The van der Waals surface area contributed by atoms with Gasteiger partial charge in [-0.2, -0.15) is 0 Å². The van der Waals surface area contributed by atoms with Crippen molar-refractivity contribution in [1.29, 1.82) is 0 Å². The third-order valence-electron chi connectivity index (χ3n) is 4.00. The Balaban J connectivity index is 1.80. The van der Waals surface area contributed by atoms with Gasteiger partial charge in [0.2, 0.25) is 10.0 Å². The van der Waals surface area contributed by atoms with Crippen molar-refractivity contribution in [3.8, 4) is 0 Å². The smallest absolute Gasteiger partial charge is 0.213 e. The second-order valence-corrected chi connectivity index (χ2v) is 7.67. The second-order valence-electron chi connectivity index (χ2n) is 5.82. The summed E-state index contributed by atoms with van der Waals surface area (Å²) in [5.74, 6) is 0.208. The van der Waals surface area contributed by atoms with Gasteiger partial charge >= 0.3 is 0 Å². The topological polar surface area (TPSA) is 67.4 Å². The zero-order valence-electron chi connectivity index (χ0n) is 11.1. The SMILES string of the molecule is CC1(CNS(=O)(=O)CC2CCCN2)CCOCC1. The summed E-state index contributed by atoms with van der Waals surface area (Å²) in [4.78, 5) is 0. The fourth-order valence-electron chi connectivity index (χ4n) is 2.55. The molecule has 106 valence electrons. The third kappa shape index (κ3) is 4.19. The Labute approximate surface area is 110 Å². The number of sulfonamides is 1. The van der Waals surface area contributed by atoms with Crippen molar-refractivity contribution in [3.05, 3.63) is 0 Å². The minimum absolute atomic E-state index is 0.0500. The molecule has 0 aromatic carbocycles. The van der Waals surface area contributed by atoms with Gasteiger partial charge in [0.25, 0.3) is 0 Å². The molecule has 0 saturated carbocycles. The molecule has 2 saturated heterocycles. The van der Waals surface area contributed by atoms with Crippen LogP contribution in [0.25, 0.3) is 0 Å². The van der Waals surface area contributed by atoms with E-state index in [1.807, 2.05) is 0 Å². The minimum atomic E-state index is -3.16. The summed E-state index contributed by atoms with van der Waals surface area (Å²) in [7, 11) is -3.16. The molecule has 0 aromatic heterocycles. The van der Waals surface area contributed by atoms with Gasteiger partial charge in [0.1, 0.15) is 0 Å². The molecule has 2 aliphatic heterocycles.